The van der Waals surface area contributed by atoms with Crippen molar-refractivity contribution in [3.05, 3.63) is 39.3 Å². The third kappa shape index (κ3) is 1.69. The number of hydrogen-bond acceptors (Lipinski definition) is 6. The second-order valence-corrected chi connectivity index (χ2v) is 8.00. The highest BCUT2D eigenvalue weighted by Gasteiger charge is 2.52. The van der Waals surface area contributed by atoms with Crippen LogP contribution in [0.4, 0.5) is 11.4 Å². The summed E-state index contributed by atoms with van der Waals surface area (Å²) in [7, 11) is 0. The van der Waals surface area contributed by atoms with E-state index in [9.17, 15) is 9.90 Å². The maximum atomic E-state index is 11.9. The van der Waals surface area contributed by atoms with E-state index in [1.54, 1.807) is 23.9 Å². The molecule has 0 radical (unpaired) electrons. The summed E-state index contributed by atoms with van der Waals surface area (Å²) in [4.78, 5) is 22.2. The van der Waals surface area contributed by atoms with Crippen LogP contribution in [-0.4, -0.2) is 29.0 Å². The number of benzene rings is 1. The van der Waals surface area contributed by atoms with E-state index < -0.39 is 0 Å². The monoisotopic (exact) mass is 371 g/mol. The van der Waals surface area contributed by atoms with Crippen LogP contribution in [0.2, 0.25) is 0 Å². The number of carbonyl (C=O) groups excluding carboxylic acids is 1. The molecule has 7 heteroatoms. The van der Waals surface area contributed by atoms with Crippen molar-refractivity contribution in [3.8, 4) is 5.75 Å². The topological polar surface area (TPSA) is 74.0 Å². The minimum Gasteiger partial charge on any atom is -0.504 e. The molecule has 2 atom stereocenters. The van der Waals surface area contributed by atoms with E-state index in [0.29, 0.717) is 5.69 Å². The third-order valence-corrected chi connectivity index (χ3v) is 6.82. The van der Waals surface area contributed by atoms with Crippen LogP contribution < -0.4 is 15.9 Å². The quantitative estimate of drug-likeness (QED) is 0.683. The molecule has 126 valence electrons. The highest BCUT2D eigenvalue weighted by molar-refractivity contribution is 8.04. The highest BCUT2D eigenvalue weighted by atomic mass is 35.5. The van der Waals surface area contributed by atoms with Crippen LogP contribution in [0.3, 0.4) is 0 Å². The lowest BCUT2D eigenvalue weighted by molar-refractivity contribution is -0.110. The second-order valence-electron chi connectivity index (χ2n) is 6.76. The van der Waals surface area contributed by atoms with Gasteiger partial charge in [-0.15, -0.1) is 24.2 Å². The van der Waals surface area contributed by atoms with Crippen molar-refractivity contribution < 1.29 is 9.90 Å². The number of halogens is 1. The number of nitrogens with one attached hydrogen (secondary N) is 1. The molecule has 1 aromatic rings. The van der Waals surface area contributed by atoms with Crippen molar-refractivity contribution in [1.82, 2.24) is 0 Å². The number of phenolic OH excluding ortho intramolecular Hbond substituents is 1. The van der Waals surface area contributed by atoms with Crippen molar-refractivity contribution in [3.63, 3.8) is 0 Å². The molecule has 2 N–H and O–H groups in total. The van der Waals surface area contributed by atoms with Crippen molar-refractivity contribution >= 4 is 53.1 Å². The van der Waals surface area contributed by atoms with Gasteiger partial charge in [0, 0.05) is 28.4 Å². The molecule has 6 rings (SSSR count). The summed E-state index contributed by atoms with van der Waals surface area (Å²) in [5.41, 5.74) is 3.19. The predicted octanol–water partition coefficient (Wildman–Crippen LogP) is 1.85. The summed E-state index contributed by atoms with van der Waals surface area (Å²) in [6, 6.07) is 0. The molecule has 1 aromatic carbocycles. The molecule has 5 nitrogen and oxygen atoms in total. The van der Waals surface area contributed by atoms with Gasteiger partial charge in [-0.3, -0.25) is 14.8 Å². The maximum Gasteiger partial charge on any atom is 0.179 e. The Balaban J connectivity index is 0.00000140. The molecule has 4 heterocycles. The average Bonchev–Trinajstić information content (AvgIpc) is 3.12. The molecule has 0 saturated carbocycles. The van der Waals surface area contributed by atoms with Gasteiger partial charge < -0.3 is 10.4 Å². The number of rotatable bonds is 0. The molecule has 1 spiro atoms. The van der Waals surface area contributed by atoms with Gasteiger partial charge in [0.05, 0.1) is 21.8 Å². The third-order valence-electron chi connectivity index (χ3n) is 5.52. The molecular formula is C18H14ClN3O2S. The summed E-state index contributed by atoms with van der Waals surface area (Å²) in [6.45, 7) is 0.735. The van der Waals surface area contributed by atoms with Crippen LogP contribution >= 0.6 is 24.2 Å². The Labute approximate surface area is 153 Å². The number of anilines is 1. The lowest BCUT2D eigenvalue weighted by Crippen LogP contribution is -2.44. The lowest BCUT2D eigenvalue weighted by Gasteiger charge is -2.35. The van der Waals surface area contributed by atoms with E-state index in [1.807, 2.05) is 12.3 Å². The minimum atomic E-state index is -0.347. The molecular weight excluding hydrogens is 358 g/mol. The Kier molecular flexibility index (Phi) is 2.90. The number of nitrogens with zero attached hydrogens (tertiary/aromatic N) is 2. The zero-order valence-electron chi connectivity index (χ0n) is 13.1. The van der Waals surface area contributed by atoms with E-state index >= 15 is 0 Å². The standard InChI is InChI=1S/C18H13N3O2S.ClH/c22-9-1-3-18-6-11(24-10(18)5-9)21-16-13(18)14-12-8(2-4-19-14)7-20-15(12)17(16)23;/h1,3,5,7,11,21,23H,2,4,6H2;1H/t11-,18-;/m0./s1. The van der Waals surface area contributed by atoms with Gasteiger partial charge in [0.25, 0.3) is 0 Å². The Hall–Kier alpha value is -2.05. The van der Waals surface area contributed by atoms with E-state index in [0.717, 1.165) is 51.7 Å². The number of ketones is 1. The van der Waals surface area contributed by atoms with Crippen molar-refractivity contribution in [2.75, 3.05) is 11.9 Å². The summed E-state index contributed by atoms with van der Waals surface area (Å²) < 4.78 is 0. The highest BCUT2D eigenvalue weighted by Crippen LogP contribution is 2.60. The van der Waals surface area contributed by atoms with Gasteiger partial charge in [0.15, 0.2) is 11.5 Å². The average molecular weight is 372 g/mol. The molecule has 4 aliphatic heterocycles. The number of carbonyl (C=O) groups is 1. The van der Waals surface area contributed by atoms with E-state index in [-0.39, 0.29) is 34.7 Å². The summed E-state index contributed by atoms with van der Waals surface area (Å²) in [5, 5.41) is 16.4. The van der Waals surface area contributed by atoms with Gasteiger partial charge in [-0.2, -0.15) is 0 Å². The number of aliphatic imine (C=N–C) groups is 1. The van der Waals surface area contributed by atoms with E-state index in [2.05, 4.69) is 10.3 Å². The normalized spacial score (nSPS) is 29.1. The first-order chi connectivity index (χ1) is 11.7. The van der Waals surface area contributed by atoms with Crippen LogP contribution in [-0.2, 0) is 10.2 Å². The molecule has 0 amide bonds. The van der Waals surface area contributed by atoms with Gasteiger partial charge in [-0.25, -0.2) is 0 Å². The van der Waals surface area contributed by atoms with E-state index in [1.165, 1.54) is 0 Å². The maximum absolute atomic E-state index is 11.9. The first kappa shape index (κ1) is 15.2. The van der Waals surface area contributed by atoms with Gasteiger partial charge in [-0.1, -0.05) is 6.08 Å². The van der Waals surface area contributed by atoms with Crippen LogP contribution in [0.1, 0.15) is 18.4 Å². The fraction of sp³-hybridized carbons (Fsp3) is 0.278. The van der Waals surface area contributed by atoms with Gasteiger partial charge in [0.2, 0.25) is 0 Å². The lowest BCUT2D eigenvalue weighted by atomic mass is 9.71. The first-order valence-corrected chi connectivity index (χ1v) is 8.95. The Morgan fingerprint density at radius 3 is 3.16 bits per heavy atom. The summed E-state index contributed by atoms with van der Waals surface area (Å²) in [5.74, 6) is 0.243. The Morgan fingerprint density at radius 2 is 2.28 bits per heavy atom. The zero-order chi connectivity index (χ0) is 16.1. The first-order valence-electron chi connectivity index (χ1n) is 8.07. The number of phenols is 1. The fourth-order valence-electron chi connectivity index (χ4n) is 4.52. The van der Waals surface area contributed by atoms with Gasteiger partial charge in [-0.05, 0) is 30.6 Å². The smallest absolute Gasteiger partial charge is 0.179 e. The SMILES string of the molecule is Cl.O=C1C=C[C@@]23C[C@@H](Nc4c(O)c5c6c(c42)=NCCC=6C=N5)SC3=C1. The number of thioether (sulfide) groups is 1. The number of aromatic hydroxyl groups is 1. The van der Waals surface area contributed by atoms with Gasteiger partial charge >= 0.3 is 0 Å². The molecule has 5 aliphatic rings. The largest absolute Gasteiger partial charge is 0.504 e. The summed E-state index contributed by atoms with van der Waals surface area (Å²) >= 11 is 1.68. The molecule has 0 unspecified atom stereocenters. The number of fused-ring (bicyclic) bond motifs is 3. The summed E-state index contributed by atoms with van der Waals surface area (Å²) in [6.07, 6.45) is 8.99. The Morgan fingerprint density at radius 1 is 1.40 bits per heavy atom. The number of hydrogen-bond donors (Lipinski definition) is 2. The minimum absolute atomic E-state index is 0. The van der Waals surface area contributed by atoms with Crippen LogP contribution in [0.5, 0.6) is 5.75 Å². The molecule has 0 aromatic heterocycles. The fourth-order valence-corrected chi connectivity index (χ4v) is 5.99. The molecule has 1 saturated heterocycles. The van der Waals surface area contributed by atoms with Crippen LogP contribution in [0, 0.1) is 0 Å². The van der Waals surface area contributed by atoms with E-state index in [4.69, 9.17) is 4.99 Å². The zero-order valence-corrected chi connectivity index (χ0v) is 14.7. The predicted molar refractivity (Wildman–Crippen MR) is 101 cm³/mol. The molecule has 1 fully saturated rings. The van der Waals surface area contributed by atoms with Crippen molar-refractivity contribution in [2.45, 2.75) is 23.6 Å². The van der Waals surface area contributed by atoms with Crippen LogP contribution in [0.15, 0.2) is 33.1 Å². The molecule has 1 aliphatic carbocycles. The van der Waals surface area contributed by atoms with Crippen molar-refractivity contribution in [1.29, 1.82) is 0 Å². The molecule has 25 heavy (non-hydrogen) atoms. The van der Waals surface area contributed by atoms with Crippen LogP contribution in [0.25, 0.3) is 5.57 Å². The second kappa shape index (κ2) is 4.77. The number of allylic oxidation sites excluding steroid dienone is 4. The van der Waals surface area contributed by atoms with Gasteiger partial charge in [0.1, 0.15) is 5.69 Å². The molecule has 2 bridgehead atoms. The Bertz CT molecular complexity index is 1090. The van der Waals surface area contributed by atoms with Crippen molar-refractivity contribution in [2.24, 2.45) is 9.98 Å².